The number of ether oxygens (including phenoxy) is 1. The van der Waals surface area contributed by atoms with Gasteiger partial charge >= 0.3 is 5.97 Å². The fraction of sp³-hybridized carbons (Fsp3) is 0.323. The third kappa shape index (κ3) is 5.15. The SMILES string of the molecule is C[C@H]1C/C2=C/C=C/CCc3c(-c4ccccccccc4[C@H](OC(C)(C)C)C(=O)O)ccc1c32. The zero-order valence-corrected chi connectivity index (χ0v) is 20.5. The van der Waals surface area contributed by atoms with E-state index in [0.717, 1.165) is 30.4 Å². The molecule has 0 saturated carbocycles. The first-order chi connectivity index (χ1) is 16.3. The van der Waals surface area contributed by atoms with Crippen LogP contribution in [0.2, 0.25) is 0 Å². The van der Waals surface area contributed by atoms with Crippen LogP contribution in [0.4, 0.5) is 0 Å². The third-order valence-electron chi connectivity index (χ3n) is 6.39. The number of hydrogen-bond donors (Lipinski definition) is 1. The predicted octanol–water partition coefficient (Wildman–Crippen LogP) is 7.81. The van der Waals surface area contributed by atoms with Gasteiger partial charge in [-0.05, 0) is 84.9 Å². The van der Waals surface area contributed by atoms with Crippen molar-refractivity contribution in [2.75, 3.05) is 0 Å². The largest absolute Gasteiger partial charge is 0.479 e. The fourth-order valence-corrected chi connectivity index (χ4v) is 5.00. The number of carboxylic acid groups (broad SMARTS) is 1. The Labute approximate surface area is 203 Å². The predicted molar refractivity (Wildman–Crippen MR) is 139 cm³/mol. The standard InChI is InChI=1S/C31H34O3/c1-21-20-22-14-10-9-13-16-26-25(19-18-23(21)28(22)26)24-15-11-7-5-6-8-12-17-27(24)29(30(32)33)34-31(2,3)4/h5-12,14-15,17-19,21,29H,13,16,20H2,1-4H3,(H,32,33)/b6-5?,7-5?,8-6?,10-9+,11-7?,12-8?,15-11?,17-12?,22-14-,24-15?,27-17?,27-24?/t21-,29-/m0/s1. The van der Waals surface area contributed by atoms with Crippen molar-refractivity contribution in [2.24, 2.45) is 0 Å². The van der Waals surface area contributed by atoms with Crippen LogP contribution in [0.3, 0.4) is 0 Å². The van der Waals surface area contributed by atoms with Crippen molar-refractivity contribution in [3.05, 3.63) is 101 Å². The first-order valence-electron chi connectivity index (χ1n) is 12.1. The summed E-state index contributed by atoms with van der Waals surface area (Å²) in [5.74, 6) is -0.504. The molecule has 0 aromatic heterocycles. The summed E-state index contributed by atoms with van der Waals surface area (Å²) in [4.78, 5) is 12.5. The maximum atomic E-state index is 12.5. The molecular weight excluding hydrogens is 420 g/mol. The van der Waals surface area contributed by atoms with Crippen molar-refractivity contribution in [1.29, 1.82) is 0 Å². The van der Waals surface area contributed by atoms with Gasteiger partial charge in [0.15, 0.2) is 6.10 Å². The van der Waals surface area contributed by atoms with E-state index < -0.39 is 17.7 Å². The molecule has 0 amide bonds. The van der Waals surface area contributed by atoms with Crippen molar-refractivity contribution in [3.63, 3.8) is 0 Å². The third-order valence-corrected chi connectivity index (χ3v) is 6.39. The van der Waals surface area contributed by atoms with Gasteiger partial charge in [-0.3, -0.25) is 0 Å². The zero-order chi connectivity index (χ0) is 24.3. The lowest BCUT2D eigenvalue weighted by molar-refractivity contribution is -0.160. The minimum atomic E-state index is -1.09. The summed E-state index contributed by atoms with van der Waals surface area (Å²) in [6.45, 7) is 7.96. The highest BCUT2D eigenvalue weighted by Gasteiger charge is 2.31. The van der Waals surface area contributed by atoms with Gasteiger partial charge in [-0.2, -0.15) is 0 Å². The van der Waals surface area contributed by atoms with E-state index in [1.54, 1.807) is 0 Å². The maximum Gasteiger partial charge on any atom is 0.337 e. The van der Waals surface area contributed by atoms with E-state index in [4.69, 9.17) is 4.74 Å². The second-order valence-electron chi connectivity index (χ2n) is 10.1. The number of carboxylic acids is 1. The molecule has 2 aromatic carbocycles. The Morgan fingerprint density at radius 3 is 2.41 bits per heavy atom. The Hall–Kier alpha value is -3.17. The number of allylic oxidation sites excluding steroid dienone is 4. The molecule has 3 heteroatoms. The quantitative estimate of drug-likeness (QED) is 0.512. The molecule has 0 radical (unpaired) electrons. The fourth-order valence-electron chi connectivity index (χ4n) is 5.00. The van der Waals surface area contributed by atoms with Crippen molar-refractivity contribution in [2.45, 2.75) is 64.6 Å². The van der Waals surface area contributed by atoms with Gasteiger partial charge in [0.25, 0.3) is 0 Å². The highest BCUT2D eigenvalue weighted by Crippen LogP contribution is 2.47. The number of rotatable bonds is 4. The summed E-state index contributed by atoms with van der Waals surface area (Å²) >= 11 is 0. The van der Waals surface area contributed by atoms with E-state index in [0.29, 0.717) is 11.5 Å². The molecule has 2 aliphatic rings. The van der Waals surface area contributed by atoms with Gasteiger partial charge in [-0.25, -0.2) is 4.79 Å². The van der Waals surface area contributed by atoms with E-state index >= 15 is 0 Å². The molecule has 0 heterocycles. The average molecular weight is 455 g/mol. The van der Waals surface area contributed by atoms with Gasteiger partial charge < -0.3 is 9.84 Å². The van der Waals surface area contributed by atoms with E-state index in [1.807, 2.05) is 69.3 Å². The Kier molecular flexibility index (Phi) is 7.04. The molecular formula is C31H34O3. The molecule has 0 spiro atoms. The topological polar surface area (TPSA) is 46.5 Å². The van der Waals surface area contributed by atoms with Crippen molar-refractivity contribution in [3.8, 4) is 11.1 Å². The Bertz CT molecular complexity index is 1200. The summed E-state index contributed by atoms with van der Waals surface area (Å²) in [6, 6.07) is 20.0. The second kappa shape index (κ2) is 9.99. The van der Waals surface area contributed by atoms with Crippen molar-refractivity contribution >= 4 is 11.5 Å². The van der Waals surface area contributed by atoms with E-state index in [2.05, 4.69) is 37.3 Å². The summed E-state index contributed by atoms with van der Waals surface area (Å²) < 4.78 is 6.11. The molecule has 2 aromatic rings. The van der Waals surface area contributed by atoms with Crippen LogP contribution in [0.1, 0.15) is 74.8 Å². The van der Waals surface area contributed by atoms with Crippen LogP contribution in [0.5, 0.6) is 0 Å². The molecule has 2 aliphatic carbocycles. The van der Waals surface area contributed by atoms with Crippen molar-refractivity contribution in [1.82, 2.24) is 0 Å². The minimum absolute atomic E-state index is 0.484. The van der Waals surface area contributed by atoms with Crippen LogP contribution >= 0.6 is 0 Å². The normalized spacial score (nSPS) is 20.1. The molecule has 0 fully saturated rings. The van der Waals surface area contributed by atoms with E-state index in [9.17, 15) is 9.90 Å². The molecule has 1 N–H and O–H groups in total. The van der Waals surface area contributed by atoms with Crippen LogP contribution in [0, 0.1) is 0 Å². The highest BCUT2D eigenvalue weighted by atomic mass is 16.5. The van der Waals surface area contributed by atoms with E-state index in [1.165, 1.54) is 22.3 Å². The maximum absolute atomic E-state index is 12.5. The molecule has 0 aliphatic heterocycles. The Morgan fingerprint density at radius 2 is 1.71 bits per heavy atom. The van der Waals surface area contributed by atoms with Gasteiger partial charge in [0.1, 0.15) is 0 Å². The summed E-state index contributed by atoms with van der Waals surface area (Å²) in [5.41, 5.74) is 7.46. The van der Waals surface area contributed by atoms with Crippen LogP contribution in [-0.2, 0) is 16.0 Å². The van der Waals surface area contributed by atoms with Gasteiger partial charge in [-0.15, -0.1) is 0 Å². The zero-order valence-electron chi connectivity index (χ0n) is 20.5. The lowest BCUT2D eigenvalue weighted by Crippen LogP contribution is -2.27. The first-order valence-corrected chi connectivity index (χ1v) is 12.1. The van der Waals surface area contributed by atoms with Gasteiger partial charge in [0, 0.05) is 0 Å². The number of aliphatic carboxylic acids is 1. The number of carbonyl (C=O) groups is 1. The number of benzene rings is 1. The molecule has 0 unspecified atom stereocenters. The molecule has 176 valence electrons. The molecule has 0 bridgehead atoms. The monoisotopic (exact) mass is 454 g/mol. The minimum Gasteiger partial charge on any atom is -0.479 e. The highest BCUT2D eigenvalue weighted by molar-refractivity contribution is 5.86. The summed E-state index contributed by atoms with van der Waals surface area (Å²) in [6.07, 6.45) is 8.48. The summed E-state index contributed by atoms with van der Waals surface area (Å²) in [7, 11) is 0. The van der Waals surface area contributed by atoms with Crippen LogP contribution in [-0.4, -0.2) is 16.7 Å². The lowest BCUT2D eigenvalue weighted by Gasteiger charge is -2.27. The molecule has 4 rings (SSSR count). The van der Waals surface area contributed by atoms with Gasteiger partial charge in [0.2, 0.25) is 0 Å². The Morgan fingerprint density at radius 1 is 1.00 bits per heavy atom. The first kappa shape index (κ1) is 24.0. The molecule has 3 nitrogen and oxygen atoms in total. The van der Waals surface area contributed by atoms with Crippen LogP contribution in [0.15, 0.2) is 78.9 Å². The van der Waals surface area contributed by atoms with Crippen LogP contribution < -0.4 is 0 Å². The van der Waals surface area contributed by atoms with Gasteiger partial charge in [0.05, 0.1) is 5.60 Å². The second-order valence-corrected chi connectivity index (χ2v) is 10.1. The molecule has 34 heavy (non-hydrogen) atoms. The average Bonchev–Trinajstić information content (AvgIpc) is 3.08. The summed E-state index contributed by atoms with van der Waals surface area (Å²) in [5, 5.41) is 10.2. The number of hydrogen-bond acceptors (Lipinski definition) is 2. The smallest absolute Gasteiger partial charge is 0.337 e. The van der Waals surface area contributed by atoms with Crippen LogP contribution in [0.25, 0.3) is 16.7 Å². The van der Waals surface area contributed by atoms with E-state index in [-0.39, 0.29) is 0 Å². The lowest BCUT2D eigenvalue weighted by atomic mass is 9.85. The van der Waals surface area contributed by atoms with Gasteiger partial charge in [-0.1, -0.05) is 85.8 Å². The molecule has 2 atom stereocenters. The van der Waals surface area contributed by atoms with Crippen molar-refractivity contribution < 1.29 is 14.6 Å². The Balaban J connectivity index is 2.03. The molecule has 0 saturated heterocycles.